The van der Waals surface area contributed by atoms with E-state index < -0.39 is 0 Å². The minimum Gasteiger partial charge on any atom is -0.384 e. The van der Waals surface area contributed by atoms with E-state index in [0.29, 0.717) is 0 Å². The van der Waals surface area contributed by atoms with Crippen molar-refractivity contribution in [2.75, 3.05) is 5.73 Å². The third-order valence-electron chi connectivity index (χ3n) is 3.46. The molecule has 1 aromatic heterocycles. The molecule has 0 atom stereocenters. The van der Waals surface area contributed by atoms with Crippen molar-refractivity contribution < 1.29 is 0 Å². The highest BCUT2D eigenvalue weighted by Crippen LogP contribution is 2.22. The van der Waals surface area contributed by atoms with E-state index in [1.807, 2.05) is 0 Å². The summed E-state index contributed by atoms with van der Waals surface area (Å²) in [6.45, 7) is 3.31. The van der Waals surface area contributed by atoms with E-state index in [2.05, 4.69) is 16.5 Å². The molecule has 0 bridgehead atoms. The Hall–Kier alpha value is -0.990. The summed E-state index contributed by atoms with van der Waals surface area (Å²) in [5.41, 5.74) is 7.29. The number of aryl methyl sites for hydroxylation is 2. The molecule has 2 N–H and O–H groups in total. The Balaban J connectivity index is 1.96. The number of rotatable bonds is 5. The smallest absolute Gasteiger partial charge is 0.126 e. The van der Waals surface area contributed by atoms with Crippen LogP contribution in [0.3, 0.4) is 0 Å². The first-order chi connectivity index (χ1) is 7.83. The van der Waals surface area contributed by atoms with Crippen molar-refractivity contribution in [2.45, 2.75) is 64.8 Å². The second-order valence-corrected chi connectivity index (χ2v) is 4.78. The lowest BCUT2D eigenvalue weighted by Gasteiger charge is -2.14. The molecule has 3 nitrogen and oxygen atoms in total. The van der Waals surface area contributed by atoms with Crippen molar-refractivity contribution in [3.05, 3.63) is 11.5 Å². The highest BCUT2D eigenvalue weighted by atomic mass is 15.1. The van der Waals surface area contributed by atoms with E-state index in [0.717, 1.165) is 30.9 Å². The van der Waals surface area contributed by atoms with E-state index in [1.165, 1.54) is 44.3 Å². The number of nitrogens with two attached hydrogens (primary N) is 1. The van der Waals surface area contributed by atoms with Crippen molar-refractivity contribution in [1.82, 2.24) is 9.55 Å². The largest absolute Gasteiger partial charge is 0.384 e. The number of fused-ring (bicyclic) bond motifs is 1. The van der Waals surface area contributed by atoms with Crippen LogP contribution < -0.4 is 5.73 Å². The van der Waals surface area contributed by atoms with Gasteiger partial charge in [0.1, 0.15) is 11.6 Å². The number of aromatic nitrogens is 2. The van der Waals surface area contributed by atoms with Gasteiger partial charge < -0.3 is 10.3 Å². The summed E-state index contributed by atoms with van der Waals surface area (Å²) >= 11 is 0. The van der Waals surface area contributed by atoms with Crippen LogP contribution in [0.5, 0.6) is 0 Å². The van der Waals surface area contributed by atoms with Gasteiger partial charge in [-0.1, -0.05) is 26.2 Å². The predicted molar refractivity (Wildman–Crippen MR) is 67.4 cm³/mol. The number of nitrogens with zero attached hydrogens (tertiary/aromatic N) is 2. The second kappa shape index (κ2) is 5.37. The number of anilines is 1. The maximum absolute atomic E-state index is 6.14. The quantitative estimate of drug-likeness (QED) is 0.777. The first-order valence-corrected chi connectivity index (χ1v) is 6.66. The normalized spacial score (nSPS) is 15.1. The molecule has 3 heteroatoms. The lowest BCUT2D eigenvalue weighted by Crippen LogP contribution is -2.12. The molecule has 0 amide bonds. The van der Waals surface area contributed by atoms with Crippen LogP contribution in [0, 0.1) is 0 Å². The topological polar surface area (TPSA) is 43.8 Å². The molecular weight excluding hydrogens is 198 g/mol. The van der Waals surface area contributed by atoms with Gasteiger partial charge in [0.25, 0.3) is 0 Å². The van der Waals surface area contributed by atoms with Gasteiger partial charge >= 0.3 is 0 Å². The van der Waals surface area contributed by atoms with Gasteiger partial charge in [0.05, 0.1) is 5.69 Å². The third-order valence-corrected chi connectivity index (χ3v) is 3.46. The summed E-state index contributed by atoms with van der Waals surface area (Å²) in [7, 11) is 0. The van der Waals surface area contributed by atoms with Crippen molar-refractivity contribution in [1.29, 1.82) is 0 Å². The molecule has 0 saturated heterocycles. The summed E-state index contributed by atoms with van der Waals surface area (Å²) in [5, 5.41) is 0. The lowest BCUT2D eigenvalue weighted by atomic mass is 10.1. The van der Waals surface area contributed by atoms with Crippen LogP contribution in [0.1, 0.15) is 57.0 Å². The van der Waals surface area contributed by atoms with Gasteiger partial charge in [0, 0.05) is 13.0 Å². The molecule has 1 aromatic rings. The second-order valence-electron chi connectivity index (χ2n) is 4.78. The Morgan fingerprint density at radius 3 is 2.88 bits per heavy atom. The maximum atomic E-state index is 6.14. The molecule has 1 aliphatic rings. The monoisotopic (exact) mass is 221 g/mol. The molecule has 16 heavy (non-hydrogen) atoms. The lowest BCUT2D eigenvalue weighted by molar-refractivity contribution is 0.527. The van der Waals surface area contributed by atoms with Gasteiger partial charge in [-0.25, -0.2) is 4.98 Å². The highest BCUT2D eigenvalue weighted by molar-refractivity contribution is 5.38. The molecule has 0 aromatic carbocycles. The van der Waals surface area contributed by atoms with Gasteiger partial charge in [-0.15, -0.1) is 0 Å². The SMILES string of the molecule is CCCCCCc1nc2n(c1N)CCCC2. The van der Waals surface area contributed by atoms with Crippen LogP contribution in [0.15, 0.2) is 0 Å². The molecule has 0 aliphatic carbocycles. The average Bonchev–Trinajstić information content (AvgIpc) is 2.63. The van der Waals surface area contributed by atoms with Crippen LogP contribution >= 0.6 is 0 Å². The molecule has 2 heterocycles. The summed E-state index contributed by atoms with van der Waals surface area (Å²) in [5.74, 6) is 2.15. The standard InChI is InChI=1S/C13H23N3/c1-2-3-4-5-8-11-13(14)16-10-7-6-9-12(16)15-11/h2-10,14H2,1H3. The maximum Gasteiger partial charge on any atom is 0.126 e. The molecule has 1 aliphatic heterocycles. The summed E-state index contributed by atoms with van der Waals surface area (Å²) in [4.78, 5) is 4.69. The molecule has 2 rings (SSSR count). The Morgan fingerprint density at radius 1 is 1.25 bits per heavy atom. The first-order valence-electron chi connectivity index (χ1n) is 6.66. The molecule has 0 spiro atoms. The van der Waals surface area contributed by atoms with Gasteiger partial charge in [0.2, 0.25) is 0 Å². The fourth-order valence-electron chi connectivity index (χ4n) is 2.46. The van der Waals surface area contributed by atoms with Crippen LogP contribution in [0.4, 0.5) is 5.82 Å². The molecule has 90 valence electrons. The fraction of sp³-hybridized carbons (Fsp3) is 0.769. The van der Waals surface area contributed by atoms with E-state index >= 15 is 0 Å². The van der Waals surface area contributed by atoms with Gasteiger partial charge in [0.15, 0.2) is 0 Å². The Labute approximate surface area is 98.1 Å². The third kappa shape index (κ3) is 2.39. The van der Waals surface area contributed by atoms with Crippen LogP contribution in [-0.2, 0) is 19.4 Å². The number of imidazole rings is 1. The van der Waals surface area contributed by atoms with Gasteiger partial charge in [-0.05, 0) is 25.7 Å². The molecule has 0 fully saturated rings. The number of nitrogen functional groups attached to an aromatic ring is 1. The zero-order valence-corrected chi connectivity index (χ0v) is 10.3. The number of hydrogen-bond donors (Lipinski definition) is 1. The van der Waals surface area contributed by atoms with Crippen molar-refractivity contribution in [2.24, 2.45) is 0 Å². The van der Waals surface area contributed by atoms with Crippen LogP contribution in [0.25, 0.3) is 0 Å². The van der Waals surface area contributed by atoms with E-state index in [-0.39, 0.29) is 0 Å². The minimum atomic E-state index is 0.936. The van der Waals surface area contributed by atoms with Crippen LogP contribution in [0.2, 0.25) is 0 Å². The van der Waals surface area contributed by atoms with Crippen molar-refractivity contribution in [3.8, 4) is 0 Å². The Bertz CT molecular complexity index is 341. The Morgan fingerprint density at radius 2 is 2.12 bits per heavy atom. The molecule has 0 unspecified atom stereocenters. The summed E-state index contributed by atoms with van der Waals surface area (Å²) < 4.78 is 2.22. The first kappa shape index (κ1) is 11.5. The zero-order chi connectivity index (χ0) is 11.4. The fourth-order valence-corrected chi connectivity index (χ4v) is 2.46. The minimum absolute atomic E-state index is 0.936. The van der Waals surface area contributed by atoms with E-state index in [9.17, 15) is 0 Å². The zero-order valence-electron chi connectivity index (χ0n) is 10.3. The molecular formula is C13H23N3. The van der Waals surface area contributed by atoms with Gasteiger partial charge in [-0.3, -0.25) is 0 Å². The van der Waals surface area contributed by atoms with Gasteiger partial charge in [-0.2, -0.15) is 0 Å². The number of hydrogen-bond acceptors (Lipinski definition) is 2. The average molecular weight is 221 g/mol. The Kier molecular flexibility index (Phi) is 3.86. The summed E-state index contributed by atoms with van der Waals surface area (Å²) in [6, 6.07) is 0. The van der Waals surface area contributed by atoms with E-state index in [4.69, 9.17) is 5.73 Å². The summed E-state index contributed by atoms with van der Waals surface area (Å²) in [6.07, 6.45) is 9.84. The van der Waals surface area contributed by atoms with E-state index in [1.54, 1.807) is 0 Å². The van der Waals surface area contributed by atoms with Crippen molar-refractivity contribution >= 4 is 5.82 Å². The predicted octanol–water partition coefficient (Wildman–Crippen LogP) is 2.92. The number of unbranched alkanes of at least 4 members (excludes halogenated alkanes) is 3. The van der Waals surface area contributed by atoms with Crippen molar-refractivity contribution in [3.63, 3.8) is 0 Å². The highest BCUT2D eigenvalue weighted by Gasteiger charge is 2.16. The molecule has 0 saturated carbocycles. The van der Waals surface area contributed by atoms with Crippen LogP contribution in [-0.4, -0.2) is 9.55 Å². The molecule has 0 radical (unpaired) electrons.